The average Bonchev–Trinajstić information content (AvgIpc) is 3.14. The number of nitrogens with zero attached hydrogens (tertiary/aromatic N) is 3. The van der Waals surface area contributed by atoms with Gasteiger partial charge >= 0.3 is 0 Å². The summed E-state index contributed by atoms with van der Waals surface area (Å²) < 4.78 is 28.5. The largest absolute Gasteiger partial charge is 0.384 e. The number of hydrogen-bond acceptors (Lipinski definition) is 4. The summed E-state index contributed by atoms with van der Waals surface area (Å²) >= 11 is 0. The predicted octanol–water partition coefficient (Wildman–Crippen LogP) is 2.64. The van der Waals surface area contributed by atoms with Crippen LogP contribution < -0.4 is 5.73 Å². The van der Waals surface area contributed by atoms with Gasteiger partial charge in [-0.05, 0) is 55.6 Å². The number of halogens is 2. The van der Waals surface area contributed by atoms with Gasteiger partial charge in [0.1, 0.15) is 5.82 Å². The lowest BCUT2D eigenvalue weighted by molar-refractivity contribution is -0.00360. The molecule has 0 radical (unpaired) electrons. The number of anilines is 1. The Hall–Kier alpha value is -2.54. The molecular weight excluding hydrogens is 362 g/mol. The molecule has 4 fully saturated rings. The van der Waals surface area contributed by atoms with Gasteiger partial charge in [0.05, 0.1) is 11.6 Å². The predicted molar refractivity (Wildman–Crippen MR) is 101 cm³/mol. The van der Waals surface area contributed by atoms with Gasteiger partial charge in [-0.15, -0.1) is 0 Å². The van der Waals surface area contributed by atoms with Crippen molar-refractivity contribution in [1.29, 1.82) is 0 Å². The molecule has 4 aliphatic rings. The molecule has 2 bridgehead atoms. The summed E-state index contributed by atoms with van der Waals surface area (Å²) in [6.07, 6.45) is 3.55. The first-order chi connectivity index (χ1) is 13.5. The minimum absolute atomic E-state index is 0.0141. The Kier molecular flexibility index (Phi) is 4.08. The summed E-state index contributed by atoms with van der Waals surface area (Å²) in [4.78, 5) is 21.5. The van der Waals surface area contributed by atoms with E-state index in [1.165, 1.54) is 6.20 Å². The van der Waals surface area contributed by atoms with Gasteiger partial charge in [0.15, 0.2) is 11.6 Å². The van der Waals surface area contributed by atoms with Gasteiger partial charge in [0, 0.05) is 24.7 Å². The third-order valence-electron chi connectivity index (χ3n) is 6.67. The van der Waals surface area contributed by atoms with Crippen molar-refractivity contribution in [3.8, 4) is 0 Å². The molecule has 2 N–H and O–H groups in total. The lowest BCUT2D eigenvalue weighted by Crippen LogP contribution is -2.60. The van der Waals surface area contributed by atoms with E-state index in [-0.39, 0.29) is 23.9 Å². The third kappa shape index (κ3) is 2.60. The van der Waals surface area contributed by atoms with Gasteiger partial charge in [-0.1, -0.05) is 12.1 Å². The highest BCUT2D eigenvalue weighted by Crippen LogP contribution is 2.47. The van der Waals surface area contributed by atoms with Crippen molar-refractivity contribution in [2.75, 3.05) is 25.4 Å². The number of nitrogens with two attached hydrogens (primary N) is 1. The molecule has 28 heavy (non-hydrogen) atoms. The van der Waals surface area contributed by atoms with Crippen LogP contribution in [0, 0.1) is 17.6 Å². The Morgan fingerprint density at radius 3 is 2.61 bits per heavy atom. The summed E-state index contributed by atoms with van der Waals surface area (Å²) in [5.74, 6) is -1.24. The molecule has 0 aliphatic carbocycles. The van der Waals surface area contributed by atoms with Crippen molar-refractivity contribution in [2.24, 2.45) is 5.92 Å². The Bertz CT molecular complexity index is 911. The fourth-order valence-electron chi connectivity index (χ4n) is 5.43. The Morgan fingerprint density at radius 2 is 1.89 bits per heavy atom. The Balaban J connectivity index is 1.55. The van der Waals surface area contributed by atoms with Crippen LogP contribution >= 0.6 is 0 Å². The van der Waals surface area contributed by atoms with Crippen LogP contribution in [0.15, 0.2) is 36.5 Å². The van der Waals surface area contributed by atoms with Crippen molar-refractivity contribution < 1.29 is 13.6 Å². The van der Waals surface area contributed by atoms with Crippen LogP contribution in [0.3, 0.4) is 0 Å². The standard InChI is InChI=1S/C21H22F2N4O/c22-16-3-1-2-14(18(16)23)15-11-27(21(28)13-4-5-17(24)25-10-13)19-12-6-8-26(9-7-12)20(15)19/h1-5,10,12,15,19-20H,6-9,11H2,(H2,24,25)/t15-,19+,20+/m1/s1. The van der Waals surface area contributed by atoms with Crippen molar-refractivity contribution >= 4 is 11.7 Å². The second-order valence-electron chi connectivity index (χ2n) is 8.03. The minimum atomic E-state index is -0.836. The maximum absolute atomic E-state index is 14.6. The van der Waals surface area contributed by atoms with Crippen LogP contribution in [-0.2, 0) is 0 Å². The zero-order valence-corrected chi connectivity index (χ0v) is 15.4. The van der Waals surface area contributed by atoms with Gasteiger partial charge in [0.25, 0.3) is 5.91 Å². The Labute approximate surface area is 162 Å². The van der Waals surface area contributed by atoms with Gasteiger partial charge in [-0.2, -0.15) is 0 Å². The number of rotatable bonds is 2. The second-order valence-corrected chi connectivity index (χ2v) is 8.03. The molecule has 0 saturated carbocycles. The lowest BCUT2D eigenvalue weighted by Gasteiger charge is -2.51. The van der Waals surface area contributed by atoms with E-state index in [1.807, 2.05) is 4.90 Å². The molecule has 1 aromatic carbocycles. The van der Waals surface area contributed by atoms with Gasteiger partial charge in [-0.3, -0.25) is 9.69 Å². The number of benzene rings is 1. The number of pyridine rings is 1. The molecule has 6 rings (SSSR count). The van der Waals surface area contributed by atoms with E-state index in [0.29, 0.717) is 29.4 Å². The summed E-state index contributed by atoms with van der Waals surface area (Å²) in [6, 6.07) is 7.67. The summed E-state index contributed by atoms with van der Waals surface area (Å²) in [7, 11) is 0. The van der Waals surface area contributed by atoms with E-state index in [4.69, 9.17) is 5.73 Å². The summed E-state index contributed by atoms with van der Waals surface area (Å²) in [6.45, 7) is 2.28. The average molecular weight is 384 g/mol. The molecular formula is C21H22F2N4O. The number of likely N-dealkylation sites (tertiary alicyclic amines) is 1. The SMILES string of the molecule is Nc1ccc(C(=O)N2C[C@H](c3cccc(F)c3F)[C@H]3[C@@H]2C2CCN3CC2)cn1. The zero-order chi connectivity index (χ0) is 19.4. The monoisotopic (exact) mass is 384 g/mol. The molecule has 3 atom stereocenters. The molecule has 4 aliphatic heterocycles. The van der Waals surface area contributed by atoms with Crippen molar-refractivity contribution in [3.05, 3.63) is 59.3 Å². The second kappa shape index (κ2) is 6.51. The molecule has 4 saturated heterocycles. The smallest absolute Gasteiger partial charge is 0.255 e. The van der Waals surface area contributed by atoms with Crippen molar-refractivity contribution in [1.82, 2.24) is 14.8 Å². The minimum Gasteiger partial charge on any atom is -0.384 e. The zero-order valence-electron chi connectivity index (χ0n) is 15.4. The Morgan fingerprint density at radius 1 is 1.11 bits per heavy atom. The van der Waals surface area contributed by atoms with Crippen LogP contribution in [0.1, 0.15) is 34.7 Å². The number of fused-ring (bicyclic) bond motifs is 2. The number of hydrogen-bond donors (Lipinski definition) is 1. The van der Waals surface area contributed by atoms with E-state index in [9.17, 15) is 13.6 Å². The van der Waals surface area contributed by atoms with E-state index >= 15 is 0 Å². The highest BCUT2D eigenvalue weighted by Gasteiger charge is 2.55. The number of carbonyl (C=O) groups is 1. The maximum Gasteiger partial charge on any atom is 0.255 e. The molecule has 0 spiro atoms. The van der Waals surface area contributed by atoms with Crippen molar-refractivity contribution in [3.63, 3.8) is 0 Å². The van der Waals surface area contributed by atoms with E-state index < -0.39 is 11.6 Å². The van der Waals surface area contributed by atoms with Gasteiger partial charge in [0.2, 0.25) is 0 Å². The highest BCUT2D eigenvalue weighted by atomic mass is 19.2. The topological polar surface area (TPSA) is 62.5 Å². The molecule has 1 amide bonds. The molecule has 5 nitrogen and oxygen atoms in total. The number of nitrogen functional groups attached to an aromatic ring is 1. The first-order valence-electron chi connectivity index (χ1n) is 9.75. The van der Waals surface area contributed by atoms with Crippen LogP contribution in [-0.4, -0.2) is 52.4 Å². The molecule has 7 heteroatoms. The van der Waals surface area contributed by atoms with Crippen molar-refractivity contribution in [2.45, 2.75) is 30.8 Å². The normalized spacial score (nSPS) is 31.1. The fourth-order valence-corrected chi connectivity index (χ4v) is 5.43. The number of carbonyl (C=O) groups excluding carboxylic acids is 1. The van der Waals surface area contributed by atoms with Crippen LogP contribution in [0.5, 0.6) is 0 Å². The van der Waals surface area contributed by atoms with Crippen LogP contribution in [0.4, 0.5) is 14.6 Å². The van der Waals surface area contributed by atoms with E-state index in [1.54, 1.807) is 24.3 Å². The lowest BCUT2D eigenvalue weighted by atomic mass is 9.75. The van der Waals surface area contributed by atoms with Gasteiger partial charge < -0.3 is 10.6 Å². The fraction of sp³-hybridized carbons (Fsp3) is 0.429. The third-order valence-corrected chi connectivity index (χ3v) is 6.67. The first-order valence-corrected chi connectivity index (χ1v) is 9.75. The highest BCUT2D eigenvalue weighted by molar-refractivity contribution is 5.94. The number of piperidine rings is 3. The van der Waals surface area contributed by atoms with Gasteiger partial charge in [-0.25, -0.2) is 13.8 Å². The number of aromatic nitrogens is 1. The molecule has 0 unspecified atom stereocenters. The van der Waals surface area contributed by atoms with Crippen LogP contribution in [0.2, 0.25) is 0 Å². The summed E-state index contributed by atoms with van der Waals surface area (Å²) in [5, 5.41) is 0. The number of amides is 1. The first kappa shape index (κ1) is 17.6. The van der Waals surface area contributed by atoms with Crippen LogP contribution in [0.25, 0.3) is 0 Å². The molecule has 1 aromatic heterocycles. The molecule has 5 heterocycles. The van der Waals surface area contributed by atoms with E-state index in [0.717, 1.165) is 32.0 Å². The molecule has 146 valence electrons. The van der Waals surface area contributed by atoms with E-state index in [2.05, 4.69) is 9.88 Å². The summed E-state index contributed by atoms with van der Waals surface area (Å²) in [5.41, 5.74) is 6.49. The quantitative estimate of drug-likeness (QED) is 0.865. The molecule has 2 aromatic rings. The maximum atomic E-state index is 14.6.